The summed E-state index contributed by atoms with van der Waals surface area (Å²) in [6, 6.07) is 3.74. The zero-order valence-electron chi connectivity index (χ0n) is 9.75. The van der Waals surface area contributed by atoms with Gasteiger partial charge in [-0.3, -0.25) is 9.69 Å². The second-order valence-electron chi connectivity index (χ2n) is 4.58. The van der Waals surface area contributed by atoms with Crippen LogP contribution in [0.5, 0.6) is 0 Å². The normalized spacial score (nSPS) is 17.3. The van der Waals surface area contributed by atoms with Crippen molar-refractivity contribution in [3.05, 3.63) is 33.8 Å². The minimum absolute atomic E-state index is 0.326. The van der Waals surface area contributed by atoms with E-state index in [1.165, 1.54) is 0 Å². The van der Waals surface area contributed by atoms with Crippen LogP contribution in [0.15, 0.2) is 22.7 Å². The molecule has 3 nitrogen and oxygen atoms in total. The van der Waals surface area contributed by atoms with Crippen molar-refractivity contribution >= 4 is 21.9 Å². The Morgan fingerprint density at radius 2 is 2.00 bits per heavy atom. The molecule has 104 valence electrons. The Kier molecular flexibility index (Phi) is 3.87. The number of carboxylic acid groups (broad SMARTS) is 1. The fraction of sp³-hybridized carbons (Fsp3) is 0.417. The fourth-order valence-corrected chi connectivity index (χ4v) is 2.56. The Balaban J connectivity index is 2.06. The molecule has 1 aliphatic heterocycles. The number of halogens is 4. The van der Waals surface area contributed by atoms with Crippen LogP contribution in [0.1, 0.15) is 11.1 Å². The van der Waals surface area contributed by atoms with Crippen molar-refractivity contribution in [2.24, 2.45) is 5.92 Å². The molecule has 0 unspecified atom stereocenters. The molecule has 1 aliphatic rings. The van der Waals surface area contributed by atoms with Crippen LogP contribution in [-0.4, -0.2) is 29.1 Å². The summed E-state index contributed by atoms with van der Waals surface area (Å²) in [7, 11) is 0. The summed E-state index contributed by atoms with van der Waals surface area (Å²) < 4.78 is 38.3. The van der Waals surface area contributed by atoms with Crippen molar-refractivity contribution < 1.29 is 23.1 Å². The Morgan fingerprint density at radius 3 is 2.53 bits per heavy atom. The van der Waals surface area contributed by atoms with Gasteiger partial charge in [-0.25, -0.2) is 0 Å². The third-order valence-electron chi connectivity index (χ3n) is 3.00. The van der Waals surface area contributed by atoms with Gasteiger partial charge in [-0.05, 0) is 23.8 Å². The van der Waals surface area contributed by atoms with Crippen molar-refractivity contribution in [2.75, 3.05) is 13.1 Å². The van der Waals surface area contributed by atoms with Gasteiger partial charge in [0, 0.05) is 24.1 Å². The van der Waals surface area contributed by atoms with Crippen molar-refractivity contribution in [3.63, 3.8) is 0 Å². The summed E-state index contributed by atoms with van der Waals surface area (Å²) in [5.74, 6) is -1.27. The molecule has 1 saturated heterocycles. The van der Waals surface area contributed by atoms with E-state index in [0.29, 0.717) is 29.7 Å². The van der Waals surface area contributed by atoms with Crippen LogP contribution in [0.3, 0.4) is 0 Å². The number of rotatable bonds is 3. The summed E-state index contributed by atoms with van der Waals surface area (Å²) in [4.78, 5) is 12.4. The lowest BCUT2D eigenvalue weighted by Crippen LogP contribution is -2.49. The van der Waals surface area contributed by atoms with Crippen LogP contribution in [0, 0.1) is 5.92 Å². The molecule has 1 N–H and O–H groups in total. The highest BCUT2D eigenvalue weighted by Crippen LogP contribution is 2.32. The van der Waals surface area contributed by atoms with Crippen LogP contribution >= 0.6 is 15.9 Å². The molecule has 1 heterocycles. The van der Waals surface area contributed by atoms with E-state index in [1.54, 1.807) is 11.0 Å². The molecule has 0 amide bonds. The molecule has 1 aromatic rings. The summed E-state index contributed by atoms with van der Waals surface area (Å²) >= 11 is 3.06. The van der Waals surface area contributed by atoms with Crippen molar-refractivity contribution in [1.82, 2.24) is 4.90 Å². The molecule has 0 aromatic heterocycles. The van der Waals surface area contributed by atoms with Gasteiger partial charge in [-0.15, -0.1) is 0 Å². The smallest absolute Gasteiger partial charge is 0.416 e. The number of alkyl halides is 3. The molecule has 1 fully saturated rings. The lowest BCUT2D eigenvalue weighted by Gasteiger charge is -2.36. The third-order valence-corrected chi connectivity index (χ3v) is 3.46. The van der Waals surface area contributed by atoms with Crippen LogP contribution in [0.2, 0.25) is 0 Å². The van der Waals surface area contributed by atoms with Gasteiger partial charge in [0.25, 0.3) is 0 Å². The zero-order valence-corrected chi connectivity index (χ0v) is 11.3. The minimum atomic E-state index is -4.38. The second kappa shape index (κ2) is 5.13. The van der Waals surface area contributed by atoms with Gasteiger partial charge in [0.1, 0.15) is 0 Å². The van der Waals surface area contributed by atoms with Crippen molar-refractivity contribution in [2.45, 2.75) is 12.7 Å². The maximum atomic E-state index is 12.6. The quantitative estimate of drug-likeness (QED) is 0.921. The highest BCUT2D eigenvalue weighted by molar-refractivity contribution is 9.10. The molecule has 0 radical (unpaired) electrons. The Labute approximate surface area is 116 Å². The van der Waals surface area contributed by atoms with E-state index in [4.69, 9.17) is 5.11 Å². The first-order chi connectivity index (χ1) is 8.75. The van der Waals surface area contributed by atoms with Gasteiger partial charge in [0.05, 0.1) is 11.5 Å². The average Bonchev–Trinajstić information content (AvgIpc) is 2.20. The predicted octanol–water partition coefficient (Wildman–Crippen LogP) is 2.98. The van der Waals surface area contributed by atoms with Crippen molar-refractivity contribution in [3.8, 4) is 0 Å². The Bertz CT molecular complexity index is 498. The lowest BCUT2D eigenvalue weighted by molar-refractivity contribution is -0.147. The molecule has 19 heavy (non-hydrogen) atoms. The number of carbonyl (C=O) groups is 1. The third kappa shape index (κ3) is 3.48. The number of hydrogen-bond donors (Lipinski definition) is 1. The van der Waals surface area contributed by atoms with Crippen LogP contribution in [0.25, 0.3) is 0 Å². The second-order valence-corrected chi connectivity index (χ2v) is 5.49. The molecule has 0 saturated carbocycles. The standard InChI is InChI=1S/C12H11BrF3NO2/c13-10-2-7(1-9(3-10)12(14,15)16)4-17-5-8(6-17)11(18)19/h1-3,8H,4-6H2,(H,18,19). The fourth-order valence-electron chi connectivity index (χ4n) is 2.02. The van der Waals surface area contributed by atoms with Gasteiger partial charge in [-0.1, -0.05) is 15.9 Å². The first kappa shape index (κ1) is 14.3. The van der Waals surface area contributed by atoms with Gasteiger partial charge in [0.2, 0.25) is 0 Å². The van der Waals surface area contributed by atoms with Crippen LogP contribution in [0.4, 0.5) is 13.2 Å². The van der Waals surface area contributed by atoms with E-state index >= 15 is 0 Å². The van der Waals surface area contributed by atoms with Crippen LogP contribution < -0.4 is 0 Å². The van der Waals surface area contributed by atoms with Gasteiger partial charge < -0.3 is 5.11 Å². The summed E-state index contributed by atoms with van der Waals surface area (Å²) in [6.45, 7) is 1.08. The topological polar surface area (TPSA) is 40.5 Å². The lowest BCUT2D eigenvalue weighted by atomic mass is 9.99. The number of aliphatic carboxylic acids is 1. The monoisotopic (exact) mass is 337 g/mol. The zero-order chi connectivity index (χ0) is 14.2. The Hall–Kier alpha value is -1.08. The van der Waals surface area contributed by atoms with Crippen LogP contribution in [-0.2, 0) is 17.5 Å². The molecular formula is C12H11BrF3NO2. The maximum Gasteiger partial charge on any atom is 0.416 e. The van der Waals surface area contributed by atoms with Gasteiger partial charge >= 0.3 is 12.1 Å². The molecule has 7 heteroatoms. The number of nitrogens with zero attached hydrogens (tertiary/aromatic N) is 1. The number of benzene rings is 1. The minimum Gasteiger partial charge on any atom is -0.481 e. The molecule has 0 aliphatic carbocycles. The highest BCUT2D eigenvalue weighted by atomic mass is 79.9. The van der Waals surface area contributed by atoms with E-state index in [-0.39, 0.29) is 0 Å². The molecule has 0 atom stereocenters. The summed E-state index contributed by atoms with van der Waals surface area (Å²) in [6.07, 6.45) is -4.38. The Morgan fingerprint density at radius 1 is 1.37 bits per heavy atom. The molecule has 2 rings (SSSR count). The van der Waals surface area contributed by atoms with E-state index in [1.807, 2.05) is 0 Å². The highest BCUT2D eigenvalue weighted by Gasteiger charge is 2.34. The number of likely N-dealkylation sites (tertiary alicyclic amines) is 1. The van der Waals surface area contributed by atoms with Crippen molar-refractivity contribution in [1.29, 1.82) is 0 Å². The van der Waals surface area contributed by atoms with E-state index in [2.05, 4.69) is 15.9 Å². The first-order valence-corrected chi connectivity index (χ1v) is 6.37. The molecule has 1 aromatic carbocycles. The average molecular weight is 338 g/mol. The number of carboxylic acids is 1. The first-order valence-electron chi connectivity index (χ1n) is 5.57. The molecular weight excluding hydrogens is 327 g/mol. The van der Waals surface area contributed by atoms with E-state index in [9.17, 15) is 18.0 Å². The molecule has 0 spiro atoms. The van der Waals surface area contributed by atoms with Gasteiger partial charge in [-0.2, -0.15) is 13.2 Å². The number of hydrogen-bond acceptors (Lipinski definition) is 2. The summed E-state index contributed by atoms with van der Waals surface area (Å²) in [5, 5.41) is 8.73. The van der Waals surface area contributed by atoms with E-state index < -0.39 is 23.6 Å². The molecule has 0 bridgehead atoms. The van der Waals surface area contributed by atoms with Gasteiger partial charge in [0.15, 0.2) is 0 Å². The SMILES string of the molecule is O=C(O)C1CN(Cc2cc(Br)cc(C(F)(F)F)c2)C1. The largest absolute Gasteiger partial charge is 0.481 e. The predicted molar refractivity (Wildman–Crippen MR) is 65.5 cm³/mol. The van der Waals surface area contributed by atoms with E-state index in [0.717, 1.165) is 12.1 Å². The summed E-state index contributed by atoms with van der Waals surface area (Å²) in [5.41, 5.74) is -0.183. The maximum absolute atomic E-state index is 12.6.